The molecule has 1 N–H and O–H groups in total. The van der Waals surface area contributed by atoms with Crippen LogP contribution in [0.25, 0.3) is 6.08 Å². The average molecular weight is 258 g/mol. The third-order valence-electron chi connectivity index (χ3n) is 2.15. The number of halogens is 2. The molecule has 0 aromatic heterocycles. The first-order valence-electron chi connectivity index (χ1n) is 5.56. The quantitative estimate of drug-likeness (QED) is 0.852. The molecule has 0 unspecified atom stereocenters. The molecule has 0 fully saturated rings. The van der Waals surface area contributed by atoms with Gasteiger partial charge in [-0.2, -0.15) is 8.78 Å². The van der Waals surface area contributed by atoms with Crippen LogP contribution in [0, 0.1) is 0 Å². The van der Waals surface area contributed by atoms with E-state index in [1.165, 1.54) is 6.07 Å². The Labute approximate surface area is 105 Å². The van der Waals surface area contributed by atoms with E-state index < -0.39 is 6.61 Å². The zero-order chi connectivity index (χ0) is 13.5. The van der Waals surface area contributed by atoms with E-state index in [0.29, 0.717) is 6.61 Å². The summed E-state index contributed by atoms with van der Waals surface area (Å²) in [5, 5.41) is 8.92. The summed E-state index contributed by atoms with van der Waals surface area (Å²) in [6.07, 6.45) is 1.74. The summed E-state index contributed by atoms with van der Waals surface area (Å²) in [7, 11) is 0. The van der Waals surface area contributed by atoms with Gasteiger partial charge in [0.1, 0.15) is 0 Å². The second-order valence-electron chi connectivity index (χ2n) is 3.67. The van der Waals surface area contributed by atoms with Crippen LogP contribution in [0.15, 0.2) is 23.8 Å². The molecule has 100 valence electrons. The Morgan fingerprint density at radius 2 is 2.11 bits per heavy atom. The summed E-state index contributed by atoms with van der Waals surface area (Å²) < 4.78 is 34.0. The van der Waals surface area contributed by atoms with Gasteiger partial charge in [0.2, 0.25) is 0 Å². The van der Waals surface area contributed by atoms with Crippen LogP contribution in [0.5, 0.6) is 11.5 Å². The first kappa shape index (κ1) is 14.4. The highest BCUT2D eigenvalue weighted by Crippen LogP contribution is 2.30. The molecule has 0 saturated carbocycles. The summed E-state index contributed by atoms with van der Waals surface area (Å²) in [5.74, 6) is 0.267. The number of hydrogen-bond acceptors (Lipinski definition) is 3. The zero-order valence-corrected chi connectivity index (χ0v) is 10.3. The Morgan fingerprint density at radius 3 is 2.67 bits per heavy atom. The predicted molar refractivity (Wildman–Crippen MR) is 65.0 cm³/mol. The fraction of sp³-hybridized carbons (Fsp3) is 0.385. The van der Waals surface area contributed by atoms with E-state index in [2.05, 4.69) is 4.74 Å². The van der Waals surface area contributed by atoms with E-state index in [1.54, 1.807) is 32.1 Å². The molecule has 0 aliphatic heterocycles. The molecule has 1 aromatic rings. The molecular formula is C13H16F2O3. The van der Waals surface area contributed by atoms with Crippen LogP contribution in [0.2, 0.25) is 0 Å². The van der Waals surface area contributed by atoms with Crippen LogP contribution in [-0.4, -0.2) is 24.9 Å². The van der Waals surface area contributed by atoms with Gasteiger partial charge in [0.05, 0.1) is 13.2 Å². The molecule has 3 nitrogen and oxygen atoms in total. The maximum absolute atomic E-state index is 12.2. The second-order valence-corrected chi connectivity index (χ2v) is 3.67. The number of aliphatic hydroxyl groups excluding tert-OH is 1. The van der Waals surface area contributed by atoms with E-state index in [-0.39, 0.29) is 18.1 Å². The molecule has 0 saturated heterocycles. The van der Waals surface area contributed by atoms with Crippen molar-refractivity contribution in [3.8, 4) is 11.5 Å². The first-order chi connectivity index (χ1) is 8.56. The smallest absolute Gasteiger partial charge is 0.387 e. The Balaban J connectivity index is 3.02. The molecule has 0 amide bonds. The van der Waals surface area contributed by atoms with Crippen molar-refractivity contribution in [1.82, 2.24) is 0 Å². The van der Waals surface area contributed by atoms with Crippen molar-refractivity contribution in [3.63, 3.8) is 0 Å². The maximum Gasteiger partial charge on any atom is 0.387 e. The van der Waals surface area contributed by atoms with Gasteiger partial charge in [-0.15, -0.1) is 0 Å². The van der Waals surface area contributed by atoms with Gasteiger partial charge in [-0.25, -0.2) is 0 Å². The van der Waals surface area contributed by atoms with E-state index >= 15 is 0 Å². The number of benzene rings is 1. The molecule has 18 heavy (non-hydrogen) atoms. The molecule has 1 aromatic carbocycles. The van der Waals surface area contributed by atoms with Crippen LogP contribution < -0.4 is 9.47 Å². The van der Waals surface area contributed by atoms with Crippen molar-refractivity contribution in [2.75, 3.05) is 13.2 Å². The van der Waals surface area contributed by atoms with E-state index in [9.17, 15) is 8.78 Å². The third kappa shape index (κ3) is 4.33. The van der Waals surface area contributed by atoms with Gasteiger partial charge >= 0.3 is 6.61 Å². The van der Waals surface area contributed by atoms with E-state index in [0.717, 1.165) is 11.1 Å². The third-order valence-corrected chi connectivity index (χ3v) is 2.15. The monoisotopic (exact) mass is 258 g/mol. The van der Waals surface area contributed by atoms with Crippen molar-refractivity contribution >= 4 is 6.08 Å². The normalized spacial score (nSPS) is 11.8. The van der Waals surface area contributed by atoms with E-state index in [4.69, 9.17) is 9.84 Å². The van der Waals surface area contributed by atoms with Crippen LogP contribution in [0.1, 0.15) is 19.4 Å². The molecule has 0 radical (unpaired) electrons. The molecule has 0 bridgehead atoms. The summed E-state index contributed by atoms with van der Waals surface area (Å²) in [5.41, 5.74) is 1.52. The number of rotatable bonds is 6. The lowest BCUT2D eigenvalue weighted by molar-refractivity contribution is -0.0514. The van der Waals surface area contributed by atoms with Crippen LogP contribution in [0.3, 0.4) is 0 Å². The minimum Gasteiger partial charge on any atom is -0.490 e. The zero-order valence-electron chi connectivity index (χ0n) is 10.3. The van der Waals surface area contributed by atoms with Gasteiger partial charge in [-0.3, -0.25) is 0 Å². The molecule has 0 heterocycles. The Kier molecular flexibility index (Phi) is 5.58. The summed E-state index contributed by atoms with van der Waals surface area (Å²) in [6, 6.07) is 4.65. The summed E-state index contributed by atoms with van der Waals surface area (Å²) in [6.45, 7) is 0.938. The molecular weight excluding hydrogens is 242 g/mol. The van der Waals surface area contributed by atoms with Crippen LogP contribution >= 0.6 is 0 Å². The van der Waals surface area contributed by atoms with Gasteiger partial charge < -0.3 is 14.6 Å². The lowest BCUT2D eigenvalue weighted by Crippen LogP contribution is -2.04. The predicted octanol–water partition coefficient (Wildman–Crippen LogP) is 3.08. The topological polar surface area (TPSA) is 38.7 Å². The Morgan fingerprint density at radius 1 is 1.39 bits per heavy atom. The lowest BCUT2D eigenvalue weighted by Gasteiger charge is -2.11. The van der Waals surface area contributed by atoms with Gasteiger partial charge in [-0.05, 0) is 37.1 Å². The average Bonchev–Trinajstić information content (AvgIpc) is 2.32. The summed E-state index contributed by atoms with van der Waals surface area (Å²) >= 11 is 0. The standard InChI is InChI=1S/C13H16F2O3/c1-3-17-12-7-10(6-9(2)8-16)4-5-11(12)18-13(14)15/h4-7,13,16H,3,8H2,1-2H3. The van der Waals surface area contributed by atoms with Crippen molar-refractivity contribution in [3.05, 3.63) is 29.3 Å². The Bertz CT molecular complexity index is 417. The van der Waals surface area contributed by atoms with E-state index in [1.807, 2.05) is 0 Å². The SMILES string of the molecule is CCOc1cc(C=C(C)CO)ccc1OC(F)F. The number of alkyl halides is 2. The minimum atomic E-state index is -2.88. The molecule has 0 spiro atoms. The van der Waals surface area contributed by atoms with Crippen molar-refractivity contribution in [2.45, 2.75) is 20.5 Å². The number of hydrogen-bond donors (Lipinski definition) is 1. The van der Waals surface area contributed by atoms with Crippen molar-refractivity contribution in [2.24, 2.45) is 0 Å². The fourth-order valence-electron chi connectivity index (χ4n) is 1.41. The number of aliphatic hydroxyl groups is 1. The maximum atomic E-state index is 12.2. The largest absolute Gasteiger partial charge is 0.490 e. The molecule has 0 aliphatic carbocycles. The highest BCUT2D eigenvalue weighted by molar-refractivity contribution is 5.57. The summed E-state index contributed by atoms with van der Waals surface area (Å²) in [4.78, 5) is 0. The van der Waals surface area contributed by atoms with Crippen LogP contribution in [-0.2, 0) is 0 Å². The van der Waals surface area contributed by atoms with Crippen LogP contribution in [0.4, 0.5) is 8.78 Å². The molecule has 0 aliphatic rings. The van der Waals surface area contributed by atoms with Crippen molar-refractivity contribution in [1.29, 1.82) is 0 Å². The van der Waals surface area contributed by atoms with Gasteiger partial charge in [0, 0.05) is 0 Å². The number of ether oxygens (including phenoxy) is 2. The van der Waals surface area contributed by atoms with Gasteiger partial charge in [0.25, 0.3) is 0 Å². The highest BCUT2D eigenvalue weighted by Gasteiger charge is 2.10. The molecule has 0 atom stereocenters. The molecule has 1 rings (SSSR count). The molecule has 5 heteroatoms. The van der Waals surface area contributed by atoms with Gasteiger partial charge in [-0.1, -0.05) is 12.1 Å². The first-order valence-corrected chi connectivity index (χ1v) is 5.56. The Hall–Kier alpha value is -1.62. The lowest BCUT2D eigenvalue weighted by atomic mass is 10.1. The second kappa shape index (κ2) is 6.96. The minimum absolute atomic E-state index is 0.00523. The van der Waals surface area contributed by atoms with Gasteiger partial charge in [0.15, 0.2) is 11.5 Å². The fourth-order valence-corrected chi connectivity index (χ4v) is 1.41. The highest BCUT2D eigenvalue weighted by atomic mass is 19.3. The van der Waals surface area contributed by atoms with Crippen molar-refractivity contribution < 1.29 is 23.4 Å².